The first-order valence-corrected chi connectivity index (χ1v) is 4.97. The van der Waals surface area contributed by atoms with E-state index in [1.54, 1.807) is 0 Å². The molecule has 0 aromatic carbocycles. The Kier molecular flexibility index (Phi) is 2.36. The first-order valence-electron chi connectivity index (χ1n) is 4.97. The van der Waals surface area contributed by atoms with Crippen molar-refractivity contribution >= 4 is 0 Å². The molecule has 1 fully saturated rings. The molecule has 1 aliphatic rings. The second-order valence-electron chi connectivity index (χ2n) is 4.10. The van der Waals surface area contributed by atoms with Gasteiger partial charge in [0.25, 0.3) is 0 Å². The van der Waals surface area contributed by atoms with Crippen molar-refractivity contribution in [2.75, 3.05) is 6.54 Å². The Morgan fingerprint density at radius 2 is 2.46 bits per heavy atom. The number of aromatic amines is 1. The standard InChI is InChI=1S/C10H17N3/c1-7-3-9(7)4-11-5-10-6-12-8(2)13-10/h6-7,9,11H,3-5H2,1-2H3,(H,12,13). The van der Waals surface area contributed by atoms with Crippen molar-refractivity contribution in [3.05, 3.63) is 17.7 Å². The summed E-state index contributed by atoms with van der Waals surface area (Å²) in [7, 11) is 0. The van der Waals surface area contributed by atoms with Crippen LogP contribution in [0.2, 0.25) is 0 Å². The van der Waals surface area contributed by atoms with E-state index in [9.17, 15) is 0 Å². The van der Waals surface area contributed by atoms with E-state index in [0.29, 0.717) is 0 Å². The summed E-state index contributed by atoms with van der Waals surface area (Å²) >= 11 is 0. The Morgan fingerprint density at radius 1 is 1.69 bits per heavy atom. The Balaban J connectivity index is 1.68. The molecule has 0 saturated heterocycles. The fourth-order valence-corrected chi connectivity index (χ4v) is 1.64. The minimum absolute atomic E-state index is 0.920. The summed E-state index contributed by atoms with van der Waals surface area (Å²) < 4.78 is 0. The monoisotopic (exact) mass is 179 g/mol. The van der Waals surface area contributed by atoms with Gasteiger partial charge >= 0.3 is 0 Å². The minimum Gasteiger partial charge on any atom is -0.345 e. The van der Waals surface area contributed by atoms with Crippen LogP contribution in [-0.2, 0) is 6.54 Å². The SMILES string of the molecule is Cc1ncc(CNCC2CC2C)[nH]1. The molecule has 0 radical (unpaired) electrons. The van der Waals surface area contributed by atoms with E-state index >= 15 is 0 Å². The number of nitrogens with one attached hydrogen (secondary N) is 2. The van der Waals surface area contributed by atoms with Crippen LogP contribution in [0.3, 0.4) is 0 Å². The Morgan fingerprint density at radius 3 is 3.00 bits per heavy atom. The normalized spacial score (nSPS) is 26.3. The lowest BCUT2D eigenvalue weighted by molar-refractivity contribution is 0.606. The van der Waals surface area contributed by atoms with Crippen LogP contribution in [-0.4, -0.2) is 16.5 Å². The summed E-state index contributed by atoms with van der Waals surface area (Å²) in [5.41, 5.74) is 1.19. The Labute approximate surface area is 79.0 Å². The van der Waals surface area contributed by atoms with Crippen LogP contribution in [0.5, 0.6) is 0 Å². The number of nitrogens with zero attached hydrogens (tertiary/aromatic N) is 1. The van der Waals surface area contributed by atoms with Gasteiger partial charge in [0.2, 0.25) is 0 Å². The summed E-state index contributed by atoms with van der Waals surface area (Å²) in [5, 5.41) is 3.44. The van der Waals surface area contributed by atoms with Crippen LogP contribution in [0, 0.1) is 18.8 Å². The molecule has 2 unspecified atom stereocenters. The number of hydrogen-bond donors (Lipinski definition) is 2. The second-order valence-corrected chi connectivity index (χ2v) is 4.10. The molecular weight excluding hydrogens is 162 g/mol. The first-order chi connectivity index (χ1) is 6.25. The first kappa shape index (κ1) is 8.75. The van der Waals surface area contributed by atoms with Gasteiger partial charge < -0.3 is 10.3 Å². The molecule has 0 bridgehead atoms. The largest absolute Gasteiger partial charge is 0.345 e. The third-order valence-electron chi connectivity index (χ3n) is 2.75. The highest BCUT2D eigenvalue weighted by molar-refractivity contribution is 4.99. The van der Waals surface area contributed by atoms with Crippen molar-refractivity contribution in [3.8, 4) is 0 Å². The van der Waals surface area contributed by atoms with Crippen LogP contribution < -0.4 is 5.32 Å². The number of aromatic nitrogens is 2. The van der Waals surface area contributed by atoms with Gasteiger partial charge in [-0.1, -0.05) is 6.92 Å². The van der Waals surface area contributed by atoms with Crippen LogP contribution >= 0.6 is 0 Å². The molecule has 0 aliphatic heterocycles. The number of imidazole rings is 1. The lowest BCUT2D eigenvalue weighted by atomic mass is 10.3. The quantitative estimate of drug-likeness (QED) is 0.734. The average Bonchev–Trinajstić information content (AvgIpc) is 2.60. The fourth-order valence-electron chi connectivity index (χ4n) is 1.64. The molecule has 1 aromatic rings. The zero-order valence-electron chi connectivity index (χ0n) is 8.30. The lowest BCUT2D eigenvalue weighted by Gasteiger charge is -2.00. The number of rotatable bonds is 4. The van der Waals surface area contributed by atoms with Gasteiger partial charge in [-0.15, -0.1) is 0 Å². The Hall–Kier alpha value is -0.830. The van der Waals surface area contributed by atoms with E-state index in [2.05, 4.69) is 22.2 Å². The summed E-state index contributed by atoms with van der Waals surface area (Å²) in [5.74, 6) is 2.86. The average molecular weight is 179 g/mol. The molecule has 72 valence electrons. The van der Waals surface area contributed by atoms with Crippen molar-refractivity contribution in [2.45, 2.75) is 26.8 Å². The molecule has 2 N–H and O–H groups in total. The molecule has 3 heteroatoms. The maximum absolute atomic E-state index is 4.15. The third kappa shape index (κ3) is 2.31. The van der Waals surface area contributed by atoms with E-state index in [1.165, 1.54) is 12.1 Å². The topological polar surface area (TPSA) is 40.7 Å². The zero-order chi connectivity index (χ0) is 9.26. The van der Waals surface area contributed by atoms with E-state index in [1.807, 2.05) is 13.1 Å². The molecule has 1 aliphatic carbocycles. The summed E-state index contributed by atoms with van der Waals surface area (Å²) in [6.07, 6.45) is 3.30. The van der Waals surface area contributed by atoms with Crippen LogP contribution in [0.25, 0.3) is 0 Å². The van der Waals surface area contributed by atoms with Crippen molar-refractivity contribution in [1.82, 2.24) is 15.3 Å². The molecule has 3 nitrogen and oxygen atoms in total. The predicted octanol–water partition coefficient (Wildman–Crippen LogP) is 1.46. The third-order valence-corrected chi connectivity index (χ3v) is 2.75. The Bertz CT molecular complexity index is 279. The second kappa shape index (κ2) is 3.50. The number of hydrogen-bond acceptors (Lipinski definition) is 2. The van der Waals surface area contributed by atoms with Crippen LogP contribution in [0.15, 0.2) is 6.20 Å². The smallest absolute Gasteiger partial charge is 0.103 e. The highest BCUT2D eigenvalue weighted by Gasteiger charge is 2.31. The van der Waals surface area contributed by atoms with Crippen LogP contribution in [0.4, 0.5) is 0 Å². The van der Waals surface area contributed by atoms with Gasteiger partial charge in [-0.25, -0.2) is 4.98 Å². The molecule has 0 amide bonds. The van der Waals surface area contributed by atoms with Gasteiger partial charge in [-0.05, 0) is 31.7 Å². The summed E-state index contributed by atoms with van der Waals surface area (Å²) in [6, 6.07) is 0. The van der Waals surface area contributed by atoms with Gasteiger partial charge in [0.15, 0.2) is 0 Å². The minimum atomic E-state index is 0.920. The van der Waals surface area contributed by atoms with Gasteiger partial charge in [0.1, 0.15) is 5.82 Å². The molecule has 2 rings (SSSR count). The van der Waals surface area contributed by atoms with Gasteiger partial charge in [0, 0.05) is 18.4 Å². The molecule has 1 saturated carbocycles. The molecule has 0 spiro atoms. The summed E-state index contributed by atoms with van der Waals surface area (Å²) in [4.78, 5) is 7.36. The van der Waals surface area contributed by atoms with Crippen LogP contribution in [0.1, 0.15) is 24.9 Å². The van der Waals surface area contributed by atoms with Gasteiger partial charge in [-0.3, -0.25) is 0 Å². The molecule has 1 heterocycles. The van der Waals surface area contributed by atoms with E-state index in [0.717, 1.165) is 30.7 Å². The summed E-state index contributed by atoms with van der Waals surface area (Å²) in [6.45, 7) is 6.36. The highest BCUT2D eigenvalue weighted by atomic mass is 15.0. The maximum Gasteiger partial charge on any atom is 0.103 e. The molecule has 1 aromatic heterocycles. The van der Waals surface area contributed by atoms with Crippen molar-refractivity contribution < 1.29 is 0 Å². The number of aryl methyl sites for hydroxylation is 1. The van der Waals surface area contributed by atoms with E-state index in [4.69, 9.17) is 0 Å². The van der Waals surface area contributed by atoms with Crippen molar-refractivity contribution in [1.29, 1.82) is 0 Å². The predicted molar refractivity (Wildman–Crippen MR) is 52.3 cm³/mol. The maximum atomic E-state index is 4.15. The van der Waals surface area contributed by atoms with E-state index in [-0.39, 0.29) is 0 Å². The highest BCUT2D eigenvalue weighted by Crippen LogP contribution is 2.36. The van der Waals surface area contributed by atoms with Crippen molar-refractivity contribution in [2.24, 2.45) is 11.8 Å². The molecule has 13 heavy (non-hydrogen) atoms. The van der Waals surface area contributed by atoms with E-state index < -0.39 is 0 Å². The lowest BCUT2D eigenvalue weighted by Crippen LogP contribution is -2.16. The van der Waals surface area contributed by atoms with Gasteiger partial charge in [-0.2, -0.15) is 0 Å². The fraction of sp³-hybridized carbons (Fsp3) is 0.700. The van der Waals surface area contributed by atoms with Crippen molar-refractivity contribution in [3.63, 3.8) is 0 Å². The zero-order valence-corrected chi connectivity index (χ0v) is 8.30. The number of H-pyrrole nitrogens is 1. The molecular formula is C10H17N3. The molecule has 2 atom stereocenters. The van der Waals surface area contributed by atoms with Gasteiger partial charge in [0.05, 0.1) is 0 Å².